The maximum absolute atomic E-state index is 14.1. The van der Waals surface area contributed by atoms with Crippen LogP contribution in [0.3, 0.4) is 0 Å². The molecule has 0 unspecified atom stereocenters. The zero-order chi connectivity index (χ0) is 26.3. The maximum atomic E-state index is 14.1. The van der Waals surface area contributed by atoms with Crippen molar-refractivity contribution in [2.75, 3.05) is 69.8 Å². The lowest BCUT2D eigenvalue weighted by atomic mass is 10.1. The van der Waals surface area contributed by atoms with Gasteiger partial charge in [-0.15, -0.1) is 0 Å². The summed E-state index contributed by atoms with van der Waals surface area (Å²) in [5.74, 6) is 1.01. The molecule has 3 aromatic rings. The molecule has 2 aromatic heterocycles. The monoisotopic (exact) mass is 514 g/mol. The third-order valence-electron chi connectivity index (χ3n) is 6.68. The summed E-state index contributed by atoms with van der Waals surface area (Å²) in [6.07, 6.45) is -2.80. The van der Waals surface area contributed by atoms with E-state index in [1.807, 2.05) is 19.9 Å². The number of anilines is 2. The number of benzene rings is 1. The van der Waals surface area contributed by atoms with Crippen molar-refractivity contribution in [2.24, 2.45) is 0 Å². The highest BCUT2D eigenvalue weighted by Gasteiger charge is 2.31. The molecule has 10 nitrogen and oxygen atoms in total. The summed E-state index contributed by atoms with van der Waals surface area (Å²) in [6.45, 7) is 7.98. The van der Waals surface area contributed by atoms with Gasteiger partial charge in [-0.2, -0.15) is 9.97 Å². The van der Waals surface area contributed by atoms with Crippen LogP contribution in [-0.4, -0.2) is 101 Å². The Morgan fingerprint density at radius 3 is 2.32 bits per heavy atom. The Morgan fingerprint density at radius 1 is 1.00 bits per heavy atom. The van der Waals surface area contributed by atoms with Crippen molar-refractivity contribution in [2.45, 2.75) is 25.9 Å². The molecule has 0 spiro atoms. The van der Waals surface area contributed by atoms with Crippen LogP contribution in [0.25, 0.3) is 17.0 Å². The van der Waals surface area contributed by atoms with Crippen molar-refractivity contribution < 1.29 is 18.3 Å². The number of halogens is 2. The molecule has 0 N–H and O–H groups in total. The first-order valence-corrected chi connectivity index (χ1v) is 12.4. The highest BCUT2D eigenvalue weighted by Crippen LogP contribution is 2.30. The number of aromatic nitrogens is 4. The number of hydrogen-bond donors (Lipinski definition) is 0. The minimum Gasteiger partial charge on any atom is -0.372 e. The SMILES string of the molecule is CN(C)C(=O)N1CCN(c2cc(N3CCOC(C)(C)C3)nc(-n3c(C(F)F)nc4ccccc43)n2)CC1. The van der Waals surface area contributed by atoms with E-state index < -0.39 is 12.2 Å². The predicted octanol–water partition coefficient (Wildman–Crippen LogP) is 3.17. The summed E-state index contributed by atoms with van der Waals surface area (Å²) < 4.78 is 35.5. The quantitative estimate of drug-likeness (QED) is 0.529. The van der Waals surface area contributed by atoms with E-state index in [0.29, 0.717) is 68.5 Å². The summed E-state index contributed by atoms with van der Waals surface area (Å²) in [4.78, 5) is 33.6. The van der Waals surface area contributed by atoms with Crippen LogP contribution in [0.2, 0.25) is 0 Å². The molecule has 2 aliphatic heterocycles. The number of ether oxygens (including phenoxy) is 1. The highest BCUT2D eigenvalue weighted by molar-refractivity contribution is 5.78. The Balaban J connectivity index is 1.57. The zero-order valence-electron chi connectivity index (χ0n) is 21.6. The van der Waals surface area contributed by atoms with Crippen LogP contribution in [0, 0.1) is 0 Å². The molecule has 0 bridgehead atoms. The van der Waals surface area contributed by atoms with Crippen molar-refractivity contribution in [1.29, 1.82) is 0 Å². The van der Waals surface area contributed by atoms with Gasteiger partial charge in [-0.3, -0.25) is 4.57 Å². The van der Waals surface area contributed by atoms with E-state index in [0.717, 1.165) is 0 Å². The molecule has 0 saturated carbocycles. The number of fused-ring (bicyclic) bond motifs is 1. The first-order chi connectivity index (χ1) is 17.6. The lowest BCUT2D eigenvalue weighted by Gasteiger charge is -2.39. The third kappa shape index (κ3) is 5.02. The van der Waals surface area contributed by atoms with Crippen LogP contribution in [0.5, 0.6) is 0 Å². The smallest absolute Gasteiger partial charge is 0.319 e. The summed E-state index contributed by atoms with van der Waals surface area (Å²) in [5, 5.41) is 0. The predicted molar refractivity (Wildman–Crippen MR) is 137 cm³/mol. The van der Waals surface area contributed by atoms with Gasteiger partial charge in [0.15, 0.2) is 5.82 Å². The summed E-state index contributed by atoms with van der Waals surface area (Å²) >= 11 is 0. The fraction of sp³-hybridized carbons (Fsp3) is 0.520. The number of imidazole rings is 1. The maximum Gasteiger partial charge on any atom is 0.319 e. The fourth-order valence-electron chi connectivity index (χ4n) is 4.86. The Morgan fingerprint density at radius 2 is 1.68 bits per heavy atom. The average molecular weight is 515 g/mol. The number of morpholine rings is 1. The average Bonchev–Trinajstić information content (AvgIpc) is 3.27. The molecule has 12 heteroatoms. The Bertz CT molecular complexity index is 1290. The molecule has 2 fully saturated rings. The van der Waals surface area contributed by atoms with Crippen LogP contribution >= 0.6 is 0 Å². The van der Waals surface area contributed by atoms with Gasteiger partial charge in [0.1, 0.15) is 11.6 Å². The first kappa shape index (κ1) is 25.1. The molecule has 1 aromatic carbocycles. The van der Waals surface area contributed by atoms with E-state index in [1.165, 1.54) is 4.57 Å². The lowest BCUT2D eigenvalue weighted by Crippen LogP contribution is -2.52. The second-order valence-corrected chi connectivity index (χ2v) is 10.2. The van der Waals surface area contributed by atoms with Crippen LogP contribution in [-0.2, 0) is 4.74 Å². The van der Waals surface area contributed by atoms with Crippen LogP contribution in [0.4, 0.5) is 25.2 Å². The van der Waals surface area contributed by atoms with Crippen LogP contribution in [0.15, 0.2) is 30.3 Å². The minimum atomic E-state index is -2.80. The molecule has 5 rings (SSSR count). The number of rotatable bonds is 4. The molecular weight excluding hydrogens is 482 g/mol. The van der Waals surface area contributed by atoms with Crippen molar-refractivity contribution in [1.82, 2.24) is 29.3 Å². The summed E-state index contributed by atoms with van der Waals surface area (Å²) in [7, 11) is 3.47. The van der Waals surface area contributed by atoms with Gasteiger partial charge in [0.05, 0.1) is 23.2 Å². The number of urea groups is 1. The first-order valence-electron chi connectivity index (χ1n) is 12.4. The van der Waals surface area contributed by atoms with Crippen molar-refractivity contribution in [3.63, 3.8) is 0 Å². The molecule has 0 radical (unpaired) electrons. The third-order valence-corrected chi connectivity index (χ3v) is 6.68. The van der Waals surface area contributed by atoms with E-state index in [-0.39, 0.29) is 17.6 Å². The minimum absolute atomic E-state index is 0.0364. The zero-order valence-corrected chi connectivity index (χ0v) is 21.6. The van der Waals surface area contributed by atoms with Gasteiger partial charge in [-0.25, -0.2) is 18.6 Å². The number of alkyl halides is 2. The molecule has 0 atom stereocenters. The molecule has 2 amide bonds. The number of nitrogens with zero attached hydrogens (tertiary/aromatic N) is 8. The topological polar surface area (TPSA) is 82.9 Å². The lowest BCUT2D eigenvalue weighted by molar-refractivity contribution is -0.0279. The van der Waals surface area contributed by atoms with Crippen LogP contribution < -0.4 is 9.80 Å². The molecule has 37 heavy (non-hydrogen) atoms. The molecule has 2 aliphatic rings. The number of carbonyl (C=O) groups excluding carboxylic acids is 1. The second kappa shape index (κ2) is 9.73. The number of hydrogen-bond acceptors (Lipinski definition) is 7. The Kier molecular flexibility index (Phi) is 6.61. The molecule has 198 valence electrons. The van der Waals surface area contributed by atoms with E-state index in [9.17, 15) is 13.6 Å². The molecule has 0 aliphatic carbocycles. The highest BCUT2D eigenvalue weighted by atomic mass is 19.3. The number of carbonyl (C=O) groups is 1. The Labute approximate surface area is 214 Å². The standard InChI is InChI=1S/C25H32F2N8O2/c1-25(2)16-34(13-14-37-25)20-15-19(32-9-11-33(12-10-32)24(36)31(3)4)29-23(30-20)35-18-8-6-5-7-17(18)28-22(35)21(26)27/h5-8,15,21H,9-14,16H2,1-4H3. The second-order valence-electron chi connectivity index (χ2n) is 10.2. The number of piperazine rings is 1. The summed E-state index contributed by atoms with van der Waals surface area (Å²) in [5.41, 5.74) is 0.596. The van der Waals surface area contributed by atoms with Crippen molar-refractivity contribution in [3.05, 3.63) is 36.2 Å². The van der Waals surface area contributed by atoms with E-state index in [1.54, 1.807) is 48.2 Å². The van der Waals surface area contributed by atoms with Gasteiger partial charge < -0.3 is 24.3 Å². The molecular formula is C25H32F2N8O2. The van der Waals surface area contributed by atoms with Gasteiger partial charge in [0.25, 0.3) is 6.43 Å². The van der Waals surface area contributed by atoms with Gasteiger partial charge in [-0.05, 0) is 26.0 Å². The van der Waals surface area contributed by atoms with Gasteiger partial charge in [0.2, 0.25) is 5.95 Å². The Hall–Kier alpha value is -3.54. The van der Waals surface area contributed by atoms with Gasteiger partial charge in [0, 0.05) is 59.4 Å². The normalized spacial score (nSPS) is 18.1. The number of amides is 2. The van der Waals surface area contributed by atoms with Crippen molar-refractivity contribution >= 4 is 28.7 Å². The van der Waals surface area contributed by atoms with Crippen molar-refractivity contribution in [3.8, 4) is 5.95 Å². The van der Waals surface area contributed by atoms with E-state index >= 15 is 0 Å². The van der Waals surface area contributed by atoms with Gasteiger partial charge in [-0.1, -0.05) is 12.1 Å². The van der Waals surface area contributed by atoms with E-state index in [2.05, 4.69) is 14.8 Å². The molecule has 4 heterocycles. The van der Waals surface area contributed by atoms with Gasteiger partial charge >= 0.3 is 6.03 Å². The largest absolute Gasteiger partial charge is 0.372 e. The number of para-hydroxylation sites is 2. The van der Waals surface area contributed by atoms with E-state index in [4.69, 9.17) is 14.7 Å². The summed E-state index contributed by atoms with van der Waals surface area (Å²) in [6, 6.07) is 8.86. The fourth-order valence-corrected chi connectivity index (χ4v) is 4.86. The molecule has 2 saturated heterocycles. The van der Waals surface area contributed by atoms with Crippen LogP contribution in [0.1, 0.15) is 26.1 Å².